The molecule has 4 unspecified atom stereocenters. The Kier molecular flexibility index (Phi) is 6.50. The van der Waals surface area contributed by atoms with Gasteiger partial charge >= 0.3 is 0 Å². The van der Waals surface area contributed by atoms with Crippen LogP contribution in [0.15, 0.2) is 0 Å². The van der Waals surface area contributed by atoms with Crippen molar-refractivity contribution in [1.29, 1.82) is 0 Å². The molecule has 0 aromatic rings. The second-order valence-corrected chi connectivity index (χ2v) is 6.21. The number of rotatable bonds is 6. The zero-order valence-electron chi connectivity index (χ0n) is 12.3. The molecule has 4 atom stereocenters. The van der Waals surface area contributed by atoms with Gasteiger partial charge in [0.1, 0.15) is 0 Å². The zero-order chi connectivity index (χ0) is 12.8. The standard InChI is InChI=1S/C15H31NO/c1-11(2)14-7-6-12(3)10-15(14)17-9-8-13(4)16-5/h11-16H,6-10H2,1-5H3. The Morgan fingerprint density at radius 1 is 1.24 bits per heavy atom. The number of hydrogen-bond acceptors (Lipinski definition) is 2. The lowest BCUT2D eigenvalue weighted by Crippen LogP contribution is -2.35. The third-order valence-electron chi connectivity index (χ3n) is 4.34. The minimum absolute atomic E-state index is 0.503. The van der Waals surface area contributed by atoms with Crippen LogP contribution in [0.25, 0.3) is 0 Å². The van der Waals surface area contributed by atoms with E-state index in [1.807, 2.05) is 7.05 Å². The van der Waals surface area contributed by atoms with Crippen LogP contribution >= 0.6 is 0 Å². The van der Waals surface area contributed by atoms with Crippen molar-refractivity contribution in [3.63, 3.8) is 0 Å². The van der Waals surface area contributed by atoms with Crippen molar-refractivity contribution in [2.45, 2.75) is 65.5 Å². The lowest BCUT2D eigenvalue weighted by atomic mass is 9.75. The minimum Gasteiger partial charge on any atom is -0.378 e. The van der Waals surface area contributed by atoms with Crippen LogP contribution in [-0.4, -0.2) is 25.8 Å². The van der Waals surface area contributed by atoms with Gasteiger partial charge in [-0.3, -0.25) is 0 Å². The summed E-state index contributed by atoms with van der Waals surface area (Å²) in [5.74, 6) is 2.38. The largest absolute Gasteiger partial charge is 0.378 e. The summed E-state index contributed by atoms with van der Waals surface area (Å²) in [6, 6.07) is 0.563. The summed E-state index contributed by atoms with van der Waals surface area (Å²) in [5, 5.41) is 3.27. The molecule has 1 N–H and O–H groups in total. The highest BCUT2D eigenvalue weighted by molar-refractivity contribution is 4.81. The van der Waals surface area contributed by atoms with Crippen LogP contribution < -0.4 is 5.32 Å². The summed E-state index contributed by atoms with van der Waals surface area (Å²) < 4.78 is 6.16. The molecule has 0 aliphatic heterocycles. The summed E-state index contributed by atoms with van der Waals surface area (Å²) in [6.45, 7) is 10.2. The van der Waals surface area contributed by atoms with Crippen molar-refractivity contribution in [1.82, 2.24) is 5.32 Å². The summed E-state index contributed by atoms with van der Waals surface area (Å²) >= 11 is 0. The van der Waals surface area contributed by atoms with Gasteiger partial charge in [-0.05, 0) is 51.0 Å². The molecule has 102 valence electrons. The average molecular weight is 241 g/mol. The average Bonchev–Trinajstić information content (AvgIpc) is 2.28. The molecule has 0 amide bonds. The molecule has 1 rings (SSSR count). The fourth-order valence-electron chi connectivity index (χ4n) is 2.85. The zero-order valence-corrected chi connectivity index (χ0v) is 12.3. The maximum atomic E-state index is 6.16. The highest BCUT2D eigenvalue weighted by Gasteiger charge is 2.31. The fraction of sp³-hybridized carbons (Fsp3) is 1.00. The number of ether oxygens (including phenoxy) is 1. The smallest absolute Gasteiger partial charge is 0.0608 e. The van der Waals surface area contributed by atoms with E-state index in [4.69, 9.17) is 4.74 Å². The van der Waals surface area contributed by atoms with Crippen LogP contribution in [0.4, 0.5) is 0 Å². The molecule has 0 saturated heterocycles. The monoisotopic (exact) mass is 241 g/mol. The van der Waals surface area contributed by atoms with Crippen LogP contribution in [0.5, 0.6) is 0 Å². The van der Waals surface area contributed by atoms with Gasteiger partial charge in [0, 0.05) is 12.6 Å². The number of hydrogen-bond donors (Lipinski definition) is 1. The Morgan fingerprint density at radius 3 is 2.53 bits per heavy atom. The molecule has 0 aromatic heterocycles. The lowest BCUT2D eigenvalue weighted by Gasteiger charge is -2.37. The molecule has 0 radical (unpaired) electrons. The summed E-state index contributed by atoms with van der Waals surface area (Å²) in [6.07, 6.45) is 5.62. The maximum Gasteiger partial charge on any atom is 0.0608 e. The molecule has 1 saturated carbocycles. The van der Waals surface area contributed by atoms with Crippen LogP contribution in [0.1, 0.15) is 53.4 Å². The van der Waals surface area contributed by atoms with Crippen molar-refractivity contribution in [3.8, 4) is 0 Å². The van der Waals surface area contributed by atoms with Crippen LogP contribution in [0.3, 0.4) is 0 Å². The van der Waals surface area contributed by atoms with E-state index in [1.54, 1.807) is 0 Å². The van der Waals surface area contributed by atoms with E-state index in [-0.39, 0.29) is 0 Å². The van der Waals surface area contributed by atoms with Crippen LogP contribution in [-0.2, 0) is 4.74 Å². The van der Waals surface area contributed by atoms with E-state index in [0.717, 1.165) is 30.8 Å². The van der Waals surface area contributed by atoms with E-state index >= 15 is 0 Å². The highest BCUT2D eigenvalue weighted by Crippen LogP contribution is 2.35. The molecule has 17 heavy (non-hydrogen) atoms. The molecule has 0 bridgehead atoms. The van der Waals surface area contributed by atoms with E-state index < -0.39 is 0 Å². The van der Waals surface area contributed by atoms with Gasteiger partial charge < -0.3 is 10.1 Å². The molecular weight excluding hydrogens is 210 g/mol. The third kappa shape index (κ3) is 4.97. The van der Waals surface area contributed by atoms with E-state index in [2.05, 4.69) is 33.0 Å². The predicted molar refractivity (Wildman–Crippen MR) is 74.2 cm³/mol. The summed E-state index contributed by atoms with van der Waals surface area (Å²) in [5.41, 5.74) is 0. The Hall–Kier alpha value is -0.0800. The Labute approximate surface area is 108 Å². The first-order valence-corrected chi connectivity index (χ1v) is 7.33. The van der Waals surface area contributed by atoms with Crippen molar-refractivity contribution in [3.05, 3.63) is 0 Å². The summed E-state index contributed by atoms with van der Waals surface area (Å²) in [4.78, 5) is 0. The third-order valence-corrected chi connectivity index (χ3v) is 4.34. The lowest BCUT2D eigenvalue weighted by molar-refractivity contribution is -0.0404. The molecule has 0 spiro atoms. The minimum atomic E-state index is 0.503. The SMILES string of the molecule is CNC(C)CCOC1CC(C)CCC1C(C)C. The summed E-state index contributed by atoms with van der Waals surface area (Å²) in [7, 11) is 2.02. The van der Waals surface area contributed by atoms with Crippen LogP contribution in [0, 0.1) is 17.8 Å². The van der Waals surface area contributed by atoms with Crippen molar-refractivity contribution >= 4 is 0 Å². The second-order valence-electron chi connectivity index (χ2n) is 6.21. The molecule has 1 aliphatic rings. The predicted octanol–water partition coefficient (Wildman–Crippen LogP) is 3.46. The van der Waals surface area contributed by atoms with E-state index in [0.29, 0.717) is 12.1 Å². The second kappa shape index (κ2) is 7.38. The molecule has 1 aliphatic carbocycles. The number of nitrogens with one attached hydrogen (secondary N) is 1. The first-order chi connectivity index (χ1) is 8.04. The molecule has 2 nitrogen and oxygen atoms in total. The molecule has 2 heteroatoms. The molecular formula is C15H31NO. The van der Waals surface area contributed by atoms with Crippen LogP contribution in [0.2, 0.25) is 0 Å². The topological polar surface area (TPSA) is 21.3 Å². The van der Waals surface area contributed by atoms with Gasteiger partial charge in [0.25, 0.3) is 0 Å². The Bertz CT molecular complexity index is 205. The normalized spacial score (nSPS) is 31.8. The van der Waals surface area contributed by atoms with Crippen molar-refractivity contribution < 1.29 is 4.74 Å². The maximum absolute atomic E-state index is 6.16. The van der Waals surface area contributed by atoms with Gasteiger partial charge in [-0.1, -0.05) is 27.2 Å². The van der Waals surface area contributed by atoms with Gasteiger partial charge in [-0.25, -0.2) is 0 Å². The highest BCUT2D eigenvalue weighted by atomic mass is 16.5. The Morgan fingerprint density at radius 2 is 1.94 bits per heavy atom. The fourth-order valence-corrected chi connectivity index (χ4v) is 2.85. The first kappa shape index (κ1) is 15.0. The first-order valence-electron chi connectivity index (χ1n) is 7.33. The molecule has 0 aromatic carbocycles. The molecule has 0 heterocycles. The van der Waals surface area contributed by atoms with Crippen molar-refractivity contribution in [2.75, 3.05) is 13.7 Å². The van der Waals surface area contributed by atoms with Crippen molar-refractivity contribution in [2.24, 2.45) is 17.8 Å². The van der Waals surface area contributed by atoms with Gasteiger partial charge in [0.05, 0.1) is 6.10 Å². The Balaban J connectivity index is 2.36. The van der Waals surface area contributed by atoms with Gasteiger partial charge in [0.15, 0.2) is 0 Å². The quantitative estimate of drug-likeness (QED) is 0.769. The molecule has 1 fully saturated rings. The van der Waals surface area contributed by atoms with Gasteiger partial charge in [-0.15, -0.1) is 0 Å². The van der Waals surface area contributed by atoms with E-state index in [9.17, 15) is 0 Å². The van der Waals surface area contributed by atoms with Gasteiger partial charge in [-0.2, -0.15) is 0 Å². The van der Waals surface area contributed by atoms with Gasteiger partial charge in [0.2, 0.25) is 0 Å². The van der Waals surface area contributed by atoms with E-state index in [1.165, 1.54) is 19.3 Å².